The lowest BCUT2D eigenvalue weighted by Gasteiger charge is -2.38. The summed E-state index contributed by atoms with van der Waals surface area (Å²) in [6.45, 7) is -0.358. The van der Waals surface area contributed by atoms with Gasteiger partial charge in [-0.2, -0.15) is 13.2 Å². The van der Waals surface area contributed by atoms with Gasteiger partial charge in [0, 0.05) is 13.1 Å². The van der Waals surface area contributed by atoms with Crippen molar-refractivity contribution in [1.29, 1.82) is 0 Å². The van der Waals surface area contributed by atoms with Crippen LogP contribution in [0.15, 0.2) is 36.4 Å². The second-order valence-electron chi connectivity index (χ2n) is 7.74. The number of hydrogen-bond donors (Lipinski definition) is 1. The van der Waals surface area contributed by atoms with Crippen LogP contribution in [0.4, 0.5) is 23.7 Å². The van der Waals surface area contributed by atoms with Crippen LogP contribution in [0.3, 0.4) is 0 Å². The van der Waals surface area contributed by atoms with Gasteiger partial charge in [0.05, 0.1) is 41.9 Å². The topological polar surface area (TPSA) is 111 Å². The lowest BCUT2D eigenvalue weighted by molar-refractivity contribution is -0.385. The zero-order chi connectivity index (χ0) is 25.1. The van der Waals surface area contributed by atoms with E-state index in [2.05, 4.69) is 0 Å². The molecular formula is C22H23F3N2O7. The van der Waals surface area contributed by atoms with E-state index in [1.165, 1.54) is 37.3 Å². The summed E-state index contributed by atoms with van der Waals surface area (Å²) in [4.78, 5) is 24.5. The lowest BCUT2D eigenvalue weighted by Crippen LogP contribution is -2.45. The fraction of sp³-hybridized carbons (Fsp3) is 0.409. The fourth-order valence-corrected chi connectivity index (χ4v) is 3.76. The molecule has 1 amide bonds. The lowest BCUT2D eigenvalue weighted by atomic mass is 9.84. The largest absolute Gasteiger partial charge is 0.493 e. The number of benzene rings is 2. The van der Waals surface area contributed by atoms with Crippen molar-refractivity contribution in [2.45, 2.75) is 31.2 Å². The van der Waals surface area contributed by atoms with E-state index in [1.54, 1.807) is 0 Å². The third-order valence-electron chi connectivity index (χ3n) is 5.71. The first-order valence-electron chi connectivity index (χ1n) is 10.2. The number of halogens is 3. The Bertz CT molecular complexity index is 1070. The highest BCUT2D eigenvalue weighted by Gasteiger charge is 2.38. The van der Waals surface area contributed by atoms with Crippen molar-refractivity contribution in [1.82, 2.24) is 4.90 Å². The van der Waals surface area contributed by atoms with E-state index in [-0.39, 0.29) is 54.2 Å². The minimum absolute atomic E-state index is 0.0000824. The summed E-state index contributed by atoms with van der Waals surface area (Å²) >= 11 is 0. The van der Waals surface area contributed by atoms with Gasteiger partial charge < -0.3 is 24.2 Å². The summed E-state index contributed by atoms with van der Waals surface area (Å²) < 4.78 is 54.4. The van der Waals surface area contributed by atoms with Gasteiger partial charge in [0.15, 0.2) is 11.5 Å². The molecule has 3 rings (SSSR count). The maximum absolute atomic E-state index is 13.0. The highest BCUT2D eigenvalue weighted by Crippen LogP contribution is 2.37. The summed E-state index contributed by atoms with van der Waals surface area (Å²) in [5, 5.41) is 22.3. The summed E-state index contributed by atoms with van der Waals surface area (Å²) in [6, 6.07) is 6.98. The van der Waals surface area contributed by atoms with Gasteiger partial charge in [0.25, 0.3) is 5.69 Å². The highest BCUT2D eigenvalue weighted by molar-refractivity contribution is 5.68. The SMILES string of the molecule is COc1cc(COC(=O)N2CCC(O)(c3cccc(C(F)(F)F)c3)CC2)c([N+](=O)[O-])cc1OC. The first kappa shape index (κ1) is 25.1. The Kier molecular flexibility index (Phi) is 7.20. The Morgan fingerprint density at radius 1 is 1.15 bits per heavy atom. The van der Waals surface area contributed by atoms with E-state index < -0.39 is 35.0 Å². The number of likely N-dealkylation sites (tertiary alicyclic amines) is 1. The first-order chi connectivity index (χ1) is 16.0. The number of rotatable bonds is 6. The zero-order valence-corrected chi connectivity index (χ0v) is 18.4. The second kappa shape index (κ2) is 9.75. The second-order valence-corrected chi connectivity index (χ2v) is 7.74. The van der Waals surface area contributed by atoms with Crippen LogP contribution in [0.1, 0.15) is 29.5 Å². The van der Waals surface area contributed by atoms with Gasteiger partial charge >= 0.3 is 12.3 Å². The molecule has 0 unspecified atom stereocenters. The fourth-order valence-electron chi connectivity index (χ4n) is 3.76. The van der Waals surface area contributed by atoms with Crippen molar-refractivity contribution >= 4 is 11.8 Å². The van der Waals surface area contributed by atoms with E-state index >= 15 is 0 Å². The van der Waals surface area contributed by atoms with Crippen molar-refractivity contribution in [3.63, 3.8) is 0 Å². The molecule has 0 saturated carbocycles. The maximum Gasteiger partial charge on any atom is 0.416 e. The van der Waals surface area contributed by atoms with Gasteiger partial charge in [-0.15, -0.1) is 0 Å². The Hall–Kier alpha value is -3.54. The van der Waals surface area contributed by atoms with E-state index in [0.717, 1.165) is 18.2 Å². The van der Waals surface area contributed by atoms with Crippen molar-refractivity contribution in [3.8, 4) is 11.5 Å². The molecule has 1 aliphatic rings. The Labute approximate surface area is 192 Å². The number of nitro groups is 1. The van der Waals surface area contributed by atoms with Crippen LogP contribution in [0, 0.1) is 10.1 Å². The molecule has 1 heterocycles. The van der Waals surface area contributed by atoms with Gasteiger partial charge in [0.1, 0.15) is 6.61 Å². The standard InChI is InChI=1S/C22H23F3N2O7/c1-32-18-10-14(17(27(30)31)12-19(18)33-2)13-34-20(28)26-8-6-21(29,7-9-26)15-4-3-5-16(11-15)22(23,24)25/h3-5,10-12,29H,6-9,13H2,1-2H3. The number of piperidine rings is 1. The number of nitro benzene ring substituents is 1. The summed E-state index contributed by atoms with van der Waals surface area (Å²) in [5.74, 6) is 0.373. The zero-order valence-electron chi connectivity index (χ0n) is 18.4. The molecule has 1 saturated heterocycles. The number of alkyl halides is 3. The summed E-state index contributed by atoms with van der Waals surface area (Å²) in [6.07, 6.45) is -5.31. The summed E-state index contributed by atoms with van der Waals surface area (Å²) in [7, 11) is 2.69. The van der Waals surface area contributed by atoms with Crippen LogP contribution < -0.4 is 9.47 Å². The number of methoxy groups -OCH3 is 2. The monoisotopic (exact) mass is 484 g/mol. The van der Waals surface area contributed by atoms with Crippen LogP contribution in [0.2, 0.25) is 0 Å². The predicted molar refractivity (Wildman–Crippen MR) is 113 cm³/mol. The van der Waals surface area contributed by atoms with Crippen LogP contribution in [0.5, 0.6) is 11.5 Å². The molecule has 1 aliphatic heterocycles. The van der Waals surface area contributed by atoms with E-state index in [1.807, 2.05) is 0 Å². The first-order valence-corrected chi connectivity index (χ1v) is 10.2. The molecule has 12 heteroatoms. The molecule has 0 bridgehead atoms. The van der Waals surface area contributed by atoms with Gasteiger partial charge in [0.2, 0.25) is 0 Å². The van der Waals surface area contributed by atoms with Crippen molar-refractivity contribution < 1.29 is 42.2 Å². The smallest absolute Gasteiger partial charge is 0.416 e. The van der Waals surface area contributed by atoms with Crippen LogP contribution >= 0.6 is 0 Å². The molecule has 34 heavy (non-hydrogen) atoms. The molecule has 9 nitrogen and oxygen atoms in total. The van der Waals surface area contributed by atoms with E-state index in [4.69, 9.17) is 14.2 Å². The molecule has 0 radical (unpaired) electrons. The normalized spacial score (nSPS) is 15.5. The number of ether oxygens (including phenoxy) is 3. The van der Waals surface area contributed by atoms with E-state index in [9.17, 15) is 33.2 Å². The number of aliphatic hydroxyl groups is 1. The van der Waals surface area contributed by atoms with Gasteiger partial charge in [-0.05, 0) is 36.6 Å². The maximum atomic E-state index is 13.0. The van der Waals surface area contributed by atoms with Gasteiger partial charge in [-0.1, -0.05) is 12.1 Å². The number of hydrogen-bond acceptors (Lipinski definition) is 7. The van der Waals surface area contributed by atoms with Crippen LogP contribution in [0.25, 0.3) is 0 Å². The minimum atomic E-state index is -4.54. The van der Waals surface area contributed by atoms with Crippen molar-refractivity contribution in [2.24, 2.45) is 0 Å². The summed E-state index contributed by atoms with van der Waals surface area (Å²) in [5.41, 5.74) is -2.50. The Morgan fingerprint density at radius 2 is 1.76 bits per heavy atom. The van der Waals surface area contributed by atoms with Gasteiger partial charge in [-0.3, -0.25) is 10.1 Å². The Balaban J connectivity index is 1.66. The average molecular weight is 484 g/mol. The highest BCUT2D eigenvalue weighted by atomic mass is 19.4. The molecule has 1 N–H and O–H groups in total. The predicted octanol–water partition coefficient (Wildman–Crippen LogP) is 4.25. The minimum Gasteiger partial charge on any atom is -0.493 e. The average Bonchev–Trinajstić information content (AvgIpc) is 2.81. The number of carbonyl (C=O) groups excluding carboxylic acids is 1. The molecule has 2 aromatic carbocycles. The number of amides is 1. The van der Waals surface area contributed by atoms with Crippen LogP contribution in [-0.4, -0.2) is 48.3 Å². The van der Waals surface area contributed by atoms with Crippen molar-refractivity contribution in [2.75, 3.05) is 27.3 Å². The molecule has 2 aromatic rings. The molecular weight excluding hydrogens is 461 g/mol. The molecule has 0 spiro atoms. The third-order valence-corrected chi connectivity index (χ3v) is 5.71. The van der Waals surface area contributed by atoms with Crippen molar-refractivity contribution in [3.05, 3.63) is 63.2 Å². The van der Waals surface area contributed by atoms with Crippen LogP contribution in [-0.2, 0) is 23.1 Å². The number of nitrogens with zero attached hydrogens (tertiary/aromatic N) is 2. The Morgan fingerprint density at radius 3 is 2.32 bits per heavy atom. The number of carbonyl (C=O) groups is 1. The molecule has 1 fully saturated rings. The molecule has 0 atom stereocenters. The van der Waals surface area contributed by atoms with Gasteiger partial charge in [-0.25, -0.2) is 4.79 Å². The third kappa shape index (κ3) is 5.33. The molecule has 0 aromatic heterocycles. The molecule has 184 valence electrons. The molecule has 0 aliphatic carbocycles. The van der Waals surface area contributed by atoms with E-state index in [0.29, 0.717) is 0 Å². The quantitative estimate of drug-likeness (QED) is 0.482.